The zero-order chi connectivity index (χ0) is 17.8. The maximum absolute atomic E-state index is 12.2. The van der Waals surface area contributed by atoms with E-state index in [0.29, 0.717) is 25.5 Å². The topological polar surface area (TPSA) is 81.6 Å². The third kappa shape index (κ3) is 4.83. The molecule has 2 heterocycles. The molecular weight excluding hydrogens is 390 g/mol. The van der Waals surface area contributed by atoms with Crippen LogP contribution in [-0.2, 0) is 16.6 Å². The van der Waals surface area contributed by atoms with Gasteiger partial charge in [0.05, 0.1) is 23.8 Å². The molecule has 2 aliphatic rings. The molecule has 3 rings (SSSR count). The SMILES string of the molecule is Cn1cc(Br)c(OC2CCC(NC(=O)[C@@H]3COCCN3)CC2)cc1=O. The van der Waals surface area contributed by atoms with Gasteiger partial charge < -0.3 is 24.7 Å². The van der Waals surface area contributed by atoms with Gasteiger partial charge in [-0.25, -0.2) is 0 Å². The number of pyridine rings is 1. The number of hydrogen-bond acceptors (Lipinski definition) is 5. The number of aryl methyl sites for hydroxylation is 1. The number of amides is 1. The molecule has 1 saturated carbocycles. The van der Waals surface area contributed by atoms with Crippen LogP contribution in [0.4, 0.5) is 0 Å². The average Bonchev–Trinajstić information content (AvgIpc) is 2.62. The van der Waals surface area contributed by atoms with Crippen LogP contribution in [0.5, 0.6) is 5.75 Å². The Morgan fingerprint density at radius 1 is 1.40 bits per heavy atom. The van der Waals surface area contributed by atoms with Crippen molar-refractivity contribution in [2.45, 2.75) is 43.9 Å². The van der Waals surface area contributed by atoms with E-state index in [1.807, 2.05) is 0 Å². The molecule has 25 heavy (non-hydrogen) atoms. The Morgan fingerprint density at radius 3 is 2.84 bits per heavy atom. The van der Waals surface area contributed by atoms with Crippen LogP contribution >= 0.6 is 15.9 Å². The summed E-state index contributed by atoms with van der Waals surface area (Å²) >= 11 is 3.44. The van der Waals surface area contributed by atoms with Gasteiger partial charge in [-0.15, -0.1) is 0 Å². The largest absolute Gasteiger partial charge is 0.489 e. The normalized spacial score (nSPS) is 26.9. The van der Waals surface area contributed by atoms with Crippen molar-refractivity contribution < 1.29 is 14.3 Å². The highest BCUT2D eigenvalue weighted by Gasteiger charge is 2.27. The summed E-state index contributed by atoms with van der Waals surface area (Å²) in [4.78, 5) is 24.0. The van der Waals surface area contributed by atoms with E-state index in [-0.39, 0.29) is 29.7 Å². The summed E-state index contributed by atoms with van der Waals surface area (Å²) in [6, 6.07) is 1.43. The third-order valence-electron chi connectivity index (χ3n) is 4.70. The molecule has 0 spiro atoms. The Labute approximate surface area is 155 Å². The van der Waals surface area contributed by atoms with Crippen LogP contribution in [0.1, 0.15) is 25.7 Å². The van der Waals surface area contributed by atoms with Gasteiger partial charge in [-0.2, -0.15) is 0 Å². The summed E-state index contributed by atoms with van der Waals surface area (Å²) in [5.74, 6) is 0.595. The fourth-order valence-electron chi connectivity index (χ4n) is 3.21. The fraction of sp³-hybridized carbons (Fsp3) is 0.647. The average molecular weight is 414 g/mol. The Hall–Kier alpha value is -1.38. The molecule has 2 fully saturated rings. The van der Waals surface area contributed by atoms with Crippen LogP contribution in [0.2, 0.25) is 0 Å². The Bertz CT molecular complexity index is 664. The van der Waals surface area contributed by atoms with Crippen LogP contribution in [0.3, 0.4) is 0 Å². The van der Waals surface area contributed by atoms with E-state index < -0.39 is 0 Å². The van der Waals surface area contributed by atoms with Gasteiger partial charge >= 0.3 is 0 Å². The van der Waals surface area contributed by atoms with Crippen LogP contribution in [0, 0.1) is 0 Å². The fourth-order valence-corrected chi connectivity index (χ4v) is 3.73. The molecule has 1 aromatic heterocycles. The Kier molecular flexibility index (Phi) is 6.14. The van der Waals surface area contributed by atoms with Gasteiger partial charge in [-0.05, 0) is 41.6 Å². The summed E-state index contributed by atoms with van der Waals surface area (Å²) < 4.78 is 13.6. The van der Waals surface area contributed by atoms with E-state index in [2.05, 4.69) is 26.6 Å². The molecule has 1 atom stereocenters. The molecule has 1 aliphatic carbocycles. The van der Waals surface area contributed by atoms with Crippen molar-refractivity contribution in [3.05, 3.63) is 27.1 Å². The molecule has 0 radical (unpaired) electrons. The number of ether oxygens (including phenoxy) is 2. The number of nitrogens with one attached hydrogen (secondary N) is 2. The lowest BCUT2D eigenvalue weighted by Gasteiger charge is -2.31. The van der Waals surface area contributed by atoms with Gasteiger partial charge in [-0.3, -0.25) is 9.59 Å². The maximum atomic E-state index is 12.2. The van der Waals surface area contributed by atoms with E-state index >= 15 is 0 Å². The molecule has 1 amide bonds. The number of nitrogens with zero attached hydrogens (tertiary/aromatic N) is 1. The molecule has 8 heteroatoms. The molecule has 7 nitrogen and oxygen atoms in total. The quantitative estimate of drug-likeness (QED) is 0.767. The number of halogens is 1. The zero-order valence-electron chi connectivity index (χ0n) is 14.3. The van der Waals surface area contributed by atoms with Crippen molar-refractivity contribution in [1.82, 2.24) is 15.2 Å². The van der Waals surface area contributed by atoms with E-state index in [0.717, 1.165) is 30.2 Å². The Morgan fingerprint density at radius 2 is 2.16 bits per heavy atom. The Balaban J connectivity index is 1.48. The molecule has 1 aliphatic heterocycles. The van der Waals surface area contributed by atoms with Gasteiger partial charge in [0, 0.05) is 31.9 Å². The lowest BCUT2D eigenvalue weighted by molar-refractivity contribution is -0.127. The summed E-state index contributed by atoms with van der Waals surface area (Å²) in [6.45, 7) is 1.80. The van der Waals surface area contributed by atoms with Crippen LogP contribution < -0.4 is 20.9 Å². The first kappa shape index (κ1) is 18.4. The first-order valence-electron chi connectivity index (χ1n) is 8.67. The summed E-state index contributed by atoms with van der Waals surface area (Å²) in [7, 11) is 1.71. The first-order valence-corrected chi connectivity index (χ1v) is 9.46. The zero-order valence-corrected chi connectivity index (χ0v) is 15.9. The van der Waals surface area contributed by atoms with Crippen molar-refractivity contribution in [3.63, 3.8) is 0 Å². The van der Waals surface area contributed by atoms with Crippen LogP contribution in [0.25, 0.3) is 0 Å². The monoisotopic (exact) mass is 413 g/mol. The van der Waals surface area contributed by atoms with Crippen LogP contribution in [-0.4, -0.2) is 48.4 Å². The summed E-state index contributed by atoms with van der Waals surface area (Å²) in [5.41, 5.74) is -0.0960. The van der Waals surface area contributed by atoms with Crippen molar-refractivity contribution in [2.75, 3.05) is 19.8 Å². The standard InChI is InChI=1S/C17H24BrN3O4/c1-21-9-13(18)15(8-16(21)22)25-12-4-2-11(3-5-12)20-17(23)14-10-24-7-6-19-14/h8-9,11-12,14,19H,2-7,10H2,1H3,(H,20,23)/t11?,12?,14-/m0/s1. The predicted molar refractivity (Wildman–Crippen MR) is 96.8 cm³/mol. The lowest BCUT2D eigenvalue weighted by Crippen LogP contribution is -2.54. The van der Waals surface area contributed by atoms with Gasteiger partial charge in [0.2, 0.25) is 5.91 Å². The highest BCUT2D eigenvalue weighted by molar-refractivity contribution is 9.10. The van der Waals surface area contributed by atoms with E-state index in [1.54, 1.807) is 13.2 Å². The second-order valence-corrected chi connectivity index (χ2v) is 7.47. The van der Waals surface area contributed by atoms with E-state index in [1.165, 1.54) is 10.6 Å². The van der Waals surface area contributed by atoms with Gasteiger partial charge in [0.25, 0.3) is 5.56 Å². The summed E-state index contributed by atoms with van der Waals surface area (Å²) in [6.07, 6.45) is 5.21. The molecule has 0 bridgehead atoms. The smallest absolute Gasteiger partial charge is 0.254 e. The number of aromatic nitrogens is 1. The number of rotatable bonds is 4. The lowest BCUT2D eigenvalue weighted by atomic mass is 9.92. The number of carbonyl (C=O) groups excluding carboxylic acids is 1. The minimum Gasteiger partial charge on any atom is -0.489 e. The second-order valence-electron chi connectivity index (χ2n) is 6.62. The van der Waals surface area contributed by atoms with Crippen LogP contribution in [0.15, 0.2) is 21.5 Å². The van der Waals surface area contributed by atoms with Gasteiger partial charge in [-0.1, -0.05) is 0 Å². The molecule has 0 unspecified atom stereocenters. The van der Waals surface area contributed by atoms with Gasteiger partial charge in [0.1, 0.15) is 11.8 Å². The predicted octanol–water partition coefficient (Wildman–Crippen LogP) is 0.942. The maximum Gasteiger partial charge on any atom is 0.254 e. The molecular formula is C17H24BrN3O4. The molecule has 1 aromatic rings. The van der Waals surface area contributed by atoms with E-state index in [4.69, 9.17) is 9.47 Å². The first-order chi connectivity index (χ1) is 12.0. The minimum atomic E-state index is -0.251. The number of hydrogen-bond donors (Lipinski definition) is 2. The highest BCUT2D eigenvalue weighted by atomic mass is 79.9. The van der Waals surface area contributed by atoms with Crippen molar-refractivity contribution in [1.29, 1.82) is 0 Å². The van der Waals surface area contributed by atoms with Crippen molar-refractivity contribution in [2.24, 2.45) is 7.05 Å². The summed E-state index contributed by atoms with van der Waals surface area (Å²) in [5, 5.41) is 6.27. The third-order valence-corrected chi connectivity index (χ3v) is 5.29. The molecule has 1 saturated heterocycles. The molecule has 0 aromatic carbocycles. The highest BCUT2D eigenvalue weighted by Crippen LogP contribution is 2.28. The van der Waals surface area contributed by atoms with Crippen molar-refractivity contribution in [3.8, 4) is 5.75 Å². The van der Waals surface area contributed by atoms with Gasteiger partial charge in [0.15, 0.2) is 0 Å². The number of morpholine rings is 1. The molecule has 138 valence electrons. The number of carbonyl (C=O) groups is 1. The molecule has 2 N–H and O–H groups in total. The minimum absolute atomic E-state index is 0.0124. The van der Waals surface area contributed by atoms with Crippen molar-refractivity contribution >= 4 is 21.8 Å². The van der Waals surface area contributed by atoms with E-state index in [9.17, 15) is 9.59 Å². The second kappa shape index (κ2) is 8.33.